The van der Waals surface area contributed by atoms with Crippen LogP contribution < -0.4 is 4.31 Å². The van der Waals surface area contributed by atoms with E-state index in [1.165, 1.54) is 16.1 Å². The van der Waals surface area contributed by atoms with E-state index < -0.39 is 10.0 Å². The molecule has 0 unspecified atom stereocenters. The average molecular weight is 403 g/mol. The molecular formula is C22H30N2O3S. The summed E-state index contributed by atoms with van der Waals surface area (Å²) in [6.07, 6.45) is 1.98. The Morgan fingerprint density at radius 3 is 2.18 bits per heavy atom. The van der Waals surface area contributed by atoms with E-state index in [0.717, 1.165) is 16.7 Å². The molecule has 0 heterocycles. The third-order valence-electron chi connectivity index (χ3n) is 4.75. The number of nitrogens with zero attached hydrogens (tertiary/aromatic N) is 2. The third kappa shape index (κ3) is 6.09. The normalized spacial score (nSPS) is 11.3. The zero-order valence-electron chi connectivity index (χ0n) is 17.4. The summed E-state index contributed by atoms with van der Waals surface area (Å²) in [5.41, 5.74) is 4.85. The highest BCUT2D eigenvalue weighted by atomic mass is 32.2. The van der Waals surface area contributed by atoms with Gasteiger partial charge in [0.2, 0.25) is 15.9 Å². The maximum atomic E-state index is 12.5. The summed E-state index contributed by atoms with van der Waals surface area (Å²) in [6.45, 7) is 6.70. The van der Waals surface area contributed by atoms with E-state index in [9.17, 15) is 13.2 Å². The number of hydrogen-bond acceptors (Lipinski definition) is 3. The summed E-state index contributed by atoms with van der Waals surface area (Å²) in [4.78, 5) is 14.1. The second-order valence-electron chi connectivity index (χ2n) is 7.46. The molecule has 1 amide bonds. The number of amides is 1. The Morgan fingerprint density at radius 2 is 1.57 bits per heavy atom. The van der Waals surface area contributed by atoms with E-state index in [-0.39, 0.29) is 12.5 Å². The first kappa shape index (κ1) is 22.0. The first-order valence-corrected chi connectivity index (χ1v) is 11.3. The number of sulfonamides is 1. The highest BCUT2D eigenvalue weighted by molar-refractivity contribution is 7.92. The van der Waals surface area contributed by atoms with Crippen LogP contribution in [0.2, 0.25) is 0 Å². The molecule has 0 radical (unpaired) electrons. The Kier molecular flexibility index (Phi) is 7.24. The van der Waals surface area contributed by atoms with Gasteiger partial charge in [0, 0.05) is 26.6 Å². The van der Waals surface area contributed by atoms with Crippen molar-refractivity contribution in [2.24, 2.45) is 0 Å². The van der Waals surface area contributed by atoms with Crippen LogP contribution in [-0.4, -0.2) is 39.1 Å². The van der Waals surface area contributed by atoms with E-state index in [4.69, 9.17) is 0 Å². The number of anilines is 1. The summed E-state index contributed by atoms with van der Waals surface area (Å²) >= 11 is 0. The van der Waals surface area contributed by atoms with Crippen LogP contribution >= 0.6 is 0 Å². The molecule has 0 bridgehead atoms. The van der Waals surface area contributed by atoms with E-state index in [1.807, 2.05) is 63.2 Å². The molecule has 0 fully saturated rings. The van der Waals surface area contributed by atoms with Crippen LogP contribution in [0.4, 0.5) is 5.69 Å². The lowest BCUT2D eigenvalue weighted by Crippen LogP contribution is -2.33. The van der Waals surface area contributed by atoms with Crippen molar-refractivity contribution in [2.45, 2.75) is 40.2 Å². The number of hydrogen-bond donors (Lipinski definition) is 0. The van der Waals surface area contributed by atoms with Gasteiger partial charge in [0.1, 0.15) is 0 Å². The van der Waals surface area contributed by atoms with Crippen LogP contribution in [0.1, 0.15) is 35.1 Å². The minimum absolute atomic E-state index is 0.00925. The third-order valence-corrected chi connectivity index (χ3v) is 5.93. The van der Waals surface area contributed by atoms with E-state index >= 15 is 0 Å². The molecule has 0 aliphatic carbocycles. The average Bonchev–Trinajstić information content (AvgIpc) is 2.61. The quantitative estimate of drug-likeness (QED) is 0.674. The van der Waals surface area contributed by atoms with Crippen LogP contribution in [0.15, 0.2) is 42.5 Å². The molecule has 0 aromatic heterocycles. The molecular weight excluding hydrogens is 372 g/mol. The van der Waals surface area contributed by atoms with E-state index in [1.54, 1.807) is 11.9 Å². The van der Waals surface area contributed by atoms with Crippen LogP contribution in [0.5, 0.6) is 0 Å². The monoisotopic (exact) mass is 402 g/mol. The smallest absolute Gasteiger partial charge is 0.232 e. The highest BCUT2D eigenvalue weighted by Gasteiger charge is 2.20. The maximum absolute atomic E-state index is 12.5. The Balaban J connectivity index is 1.99. The van der Waals surface area contributed by atoms with Crippen molar-refractivity contribution in [1.82, 2.24) is 4.90 Å². The number of carbonyl (C=O) groups is 1. The van der Waals surface area contributed by atoms with Gasteiger partial charge in [0.15, 0.2) is 0 Å². The second-order valence-corrected chi connectivity index (χ2v) is 9.37. The zero-order chi connectivity index (χ0) is 20.9. The van der Waals surface area contributed by atoms with Crippen molar-refractivity contribution in [3.8, 4) is 0 Å². The van der Waals surface area contributed by atoms with Crippen molar-refractivity contribution in [3.63, 3.8) is 0 Å². The van der Waals surface area contributed by atoms with Crippen molar-refractivity contribution in [2.75, 3.05) is 24.2 Å². The number of benzene rings is 2. The molecule has 0 aliphatic rings. The van der Waals surface area contributed by atoms with Crippen LogP contribution in [-0.2, 0) is 21.4 Å². The van der Waals surface area contributed by atoms with Crippen molar-refractivity contribution >= 4 is 21.6 Å². The minimum atomic E-state index is -3.42. The second kappa shape index (κ2) is 9.24. The van der Waals surface area contributed by atoms with Gasteiger partial charge in [-0.3, -0.25) is 9.10 Å². The Hall–Kier alpha value is -2.34. The molecule has 0 spiro atoms. The molecule has 2 rings (SSSR count). The lowest BCUT2D eigenvalue weighted by Gasteiger charge is -2.25. The molecule has 0 aliphatic heterocycles. The molecule has 0 N–H and O–H groups in total. The fraction of sp³-hybridized carbons (Fsp3) is 0.409. The van der Waals surface area contributed by atoms with Crippen molar-refractivity contribution < 1.29 is 13.2 Å². The lowest BCUT2D eigenvalue weighted by molar-refractivity contribution is -0.130. The predicted molar refractivity (Wildman–Crippen MR) is 115 cm³/mol. The molecule has 28 heavy (non-hydrogen) atoms. The summed E-state index contributed by atoms with van der Waals surface area (Å²) in [7, 11) is -1.64. The number of carbonyl (C=O) groups excluding carboxylic acids is 1. The van der Waals surface area contributed by atoms with Gasteiger partial charge in [-0.05, 0) is 49.9 Å². The lowest BCUT2D eigenvalue weighted by atomic mass is 10.1. The minimum Gasteiger partial charge on any atom is -0.341 e. The largest absolute Gasteiger partial charge is 0.341 e. The fourth-order valence-electron chi connectivity index (χ4n) is 3.07. The van der Waals surface area contributed by atoms with Gasteiger partial charge in [-0.15, -0.1) is 0 Å². The van der Waals surface area contributed by atoms with Gasteiger partial charge >= 0.3 is 0 Å². The van der Waals surface area contributed by atoms with Crippen molar-refractivity contribution in [1.29, 1.82) is 0 Å². The number of aryl methyl sites for hydroxylation is 3. The molecule has 0 atom stereocenters. The van der Waals surface area contributed by atoms with Crippen LogP contribution in [0.25, 0.3) is 0 Å². The first-order valence-electron chi connectivity index (χ1n) is 9.42. The summed E-state index contributed by atoms with van der Waals surface area (Å²) < 4.78 is 26.0. The van der Waals surface area contributed by atoms with Crippen LogP contribution in [0, 0.1) is 20.8 Å². The van der Waals surface area contributed by atoms with E-state index in [2.05, 4.69) is 0 Å². The maximum Gasteiger partial charge on any atom is 0.232 e. The highest BCUT2D eigenvalue weighted by Crippen LogP contribution is 2.24. The molecule has 5 nitrogen and oxygen atoms in total. The SMILES string of the molecule is Cc1ccc(CN(C)C(=O)CCCN(c2cc(C)ccc2C)S(C)(=O)=O)cc1. The molecule has 2 aromatic carbocycles. The topological polar surface area (TPSA) is 57.7 Å². The summed E-state index contributed by atoms with van der Waals surface area (Å²) in [6, 6.07) is 13.9. The molecule has 6 heteroatoms. The molecule has 0 saturated heterocycles. The number of rotatable bonds is 8. The molecule has 2 aromatic rings. The molecule has 152 valence electrons. The van der Waals surface area contributed by atoms with Gasteiger partial charge in [0.05, 0.1) is 11.9 Å². The Bertz CT molecular complexity index is 921. The Morgan fingerprint density at radius 1 is 0.964 bits per heavy atom. The first-order chi connectivity index (χ1) is 13.1. The van der Waals surface area contributed by atoms with Gasteiger partial charge in [-0.2, -0.15) is 0 Å². The summed E-state index contributed by atoms with van der Waals surface area (Å²) in [5, 5.41) is 0. The van der Waals surface area contributed by atoms with Gasteiger partial charge in [-0.1, -0.05) is 42.0 Å². The standard InChI is InChI=1S/C22H30N2O3S/c1-17-9-12-20(13-10-17)16-23(4)22(25)7-6-14-24(28(5,26)27)21-15-18(2)8-11-19(21)3/h8-13,15H,6-7,14,16H2,1-5H3. The predicted octanol–water partition coefficient (Wildman–Crippen LogP) is 3.82. The van der Waals surface area contributed by atoms with Crippen molar-refractivity contribution in [3.05, 3.63) is 64.7 Å². The fourth-order valence-corrected chi connectivity index (χ4v) is 4.09. The van der Waals surface area contributed by atoms with Gasteiger partial charge in [0.25, 0.3) is 0 Å². The zero-order valence-corrected chi connectivity index (χ0v) is 18.2. The summed E-state index contributed by atoms with van der Waals surface area (Å²) in [5.74, 6) is 0.00925. The van der Waals surface area contributed by atoms with E-state index in [0.29, 0.717) is 25.1 Å². The molecule has 0 saturated carbocycles. The Labute approximate surface area is 169 Å². The van der Waals surface area contributed by atoms with Gasteiger partial charge < -0.3 is 4.90 Å². The van der Waals surface area contributed by atoms with Gasteiger partial charge in [-0.25, -0.2) is 8.42 Å². The van der Waals surface area contributed by atoms with Crippen LogP contribution in [0.3, 0.4) is 0 Å².